The Labute approximate surface area is 216 Å². The fraction of sp³-hybridized carbons (Fsp3) is 0.242. The van der Waals surface area contributed by atoms with Gasteiger partial charge < -0.3 is 14.2 Å². The quantitative estimate of drug-likeness (QED) is 0.426. The number of carbonyl (C=O) groups is 1. The molecule has 0 spiro atoms. The molecule has 0 bridgehead atoms. The minimum Gasteiger partial charge on any atom is -0.497 e. The van der Waals surface area contributed by atoms with Crippen molar-refractivity contribution in [1.29, 1.82) is 0 Å². The summed E-state index contributed by atoms with van der Waals surface area (Å²) in [5.74, 6) is 0.545. The predicted molar refractivity (Wildman–Crippen MR) is 142 cm³/mol. The van der Waals surface area contributed by atoms with E-state index < -0.39 is 16.4 Å². The third kappa shape index (κ3) is 2.90. The van der Waals surface area contributed by atoms with Crippen molar-refractivity contribution in [1.82, 2.24) is 0 Å². The number of ketones is 1. The summed E-state index contributed by atoms with van der Waals surface area (Å²) in [6.07, 6.45) is 11.3. The Balaban J connectivity index is 1.55. The van der Waals surface area contributed by atoms with Crippen LogP contribution in [0.5, 0.6) is 5.75 Å². The molecule has 4 atom stereocenters. The molecule has 4 heteroatoms. The summed E-state index contributed by atoms with van der Waals surface area (Å²) in [6, 6.07) is 27.3. The lowest BCUT2D eigenvalue weighted by molar-refractivity contribution is -0.156. The zero-order valence-electron chi connectivity index (χ0n) is 20.7. The van der Waals surface area contributed by atoms with Gasteiger partial charge in [0.1, 0.15) is 18.0 Å². The van der Waals surface area contributed by atoms with Crippen LogP contribution in [0.4, 0.5) is 0 Å². The Morgan fingerprint density at radius 1 is 0.865 bits per heavy atom. The summed E-state index contributed by atoms with van der Waals surface area (Å²) >= 11 is 0. The number of carbonyl (C=O) groups excluding carboxylic acids is 1. The molecule has 4 aliphatic rings. The lowest BCUT2D eigenvalue weighted by atomic mass is 9.45. The number of Topliss-reactive ketones (excluding diaryl/α,β-unsaturated/α-hetero) is 1. The van der Waals surface area contributed by atoms with Gasteiger partial charge in [0.2, 0.25) is 0 Å². The summed E-state index contributed by atoms with van der Waals surface area (Å²) < 4.78 is 18.1. The minimum absolute atomic E-state index is 0.0815. The first-order chi connectivity index (χ1) is 18.1. The molecule has 4 unspecified atom stereocenters. The number of hydrogen-bond donors (Lipinski definition) is 0. The van der Waals surface area contributed by atoms with Gasteiger partial charge in [-0.1, -0.05) is 91.0 Å². The summed E-state index contributed by atoms with van der Waals surface area (Å²) in [4.78, 5) is 13.6. The van der Waals surface area contributed by atoms with Gasteiger partial charge in [0.25, 0.3) is 0 Å². The monoisotopic (exact) mass is 488 g/mol. The van der Waals surface area contributed by atoms with Crippen molar-refractivity contribution in [3.8, 4) is 5.75 Å². The molecule has 0 amide bonds. The van der Waals surface area contributed by atoms with Crippen LogP contribution in [-0.4, -0.2) is 26.1 Å². The molecule has 2 aliphatic carbocycles. The van der Waals surface area contributed by atoms with E-state index in [4.69, 9.17) is 14.2 Å². The highest BCUT2D eigenvalue weighted by Crippen LogP contribution is 2.67. The van der Waals surface area contributed by atoms with Gasteiger partial charge in [-0.05, 0) is 40.8 Å². The average molecular weight is 489 g/mol. The highest BCUT2D eigenvalue weighted by Gasteiger charge is 2.67. The Hall–Kier alpha value is -3.89. The van der Waals surface area contributed by atoms with Gasteiger partial charge in [-0.25, -0.2) is 0 Å². The molecule has 0 radical (unpaired) electrons. The fourth-order valence-electron chi connectivity index (χ4n) is 7.21. The smallest absolute Gasteiger partial charge is 0.179 e. The molecule has 0 fully saturated rings. The molecule has 0 aromatic heterocycles. The first kappa shape index (κ1) is 22.3. The molecule has 0 saturated carbocycles. The van der Waals surface area contributed by atoms with E-state index in [9.17, 15) is 4.79 Å². The number of methoxy groups -OCH3 is 1. The molecule has 0 N–H and O–H groups in total. The van der Waals surface area contributed by atoms with Crippen molar-refractivity contribution >= 4 is 11.4 Å². The maximum Gasteiger partial charge on any atom is 0.179 e. The molecule has 184 valence electrons. The van der Waals surface area contributed by atoms with Crippen LogP contribution in [-0.2, 0) is 25.3 Å². The second kappa shape index (κ2) is 8.06. The van der Waals surface area contributed by atoms with Crippen LogP contribution in [0, 0.1) is 11.3 Å². The van der Waals surface area contributed by atoms with E-state index in [1.54, 1.807) is 13.4 Å². The average Bonchev–Trinajstić information content (AvgIpc) is 2.97. The predicted octanol–water partition coefficient (Wildman–Crippen LogP) is 5.98. The summed E-state index contributed by atoms with van der Waals surface area (Å²) in [5.41, 5.74) is 3.60. The maximum atomic E-state index is 13.6. The van der Waals surface area contributed by atoms with E-state index in [0.29, 0.717) is 13.0 Å². The van der Waals surface area contributed by atoms with Crippen molar-refractivity contribution in [3.63, 3.8) is 0 Å². The third-order valence-corrected chi connectivity index (χ3v) is 8.80. The second-order valence-corrected chi connectivity index (χ2v) is 10.4. The zero-order chi connectivity index (χ0) is 25.1. The minimum atomic E-state index is -0.738. The van der Waals surface area contributed by atoms with Gasteiger partial charge in [0.05, 0.1) is 31.3 Å². The summed E-state index contributed by atoms with van der Waals surface area (Å²) in [6.45, 7) is 0.575. The van der Waals surface area contributed by atoms with Crippen LogP contribution < -0.4 is 4.74 Å². The number of benzene rings is 3. The fourth-order valence-corrected chi connectivity index (χ4v) is 7.21. The summed E-state index contributed by atoms with van der Waals surface area (Å²) in [7, 11) is 1.69. The number of allylic oxidation sites excluding steroid dienone is 2. The lowest BCUT2D eigenvalue weighted by Gasteiger charge is -2.61. The van der Waals surface area contributed by atoms with Crippen LogP contribution in [0.2, 0.25) is 0 Å². The molecule has 7 rings (SSSR count). The first-order valence-electron chi connectivity index (χ1n) is 12.8. The van der Waals surface area contributed by atoms with Gasteiger partial charge in [-0.3, -0.25) is 4.79 Å². The van der Waals surface area contributed by atoms with Gasteiger partial charge in [-0.15, -0.1) is 0 Å². The lowest BCUT2D eigenvalue weighted by Crippen LogP contribution is -2.62. The molecule has 0 saturated heterocycles. The van der Waals surface area contributed by atoms with E-state index in [2.05, 4.69) is 78.9 Å². The molecule has 37 heavy (non-hydrogen) atoms. The van der Waals surface area contributed by atoms with E-state index in [0.717, 1.165) is 28.0 Å². The maximum absolute atomic E-state index is 13.6. The van der Waals surface area contributed by atoms with Crippen LogP contribution in [0.3, 0.4) is 0 Å². The SMILES string of the molecule is COc1ccc(C2(c3ccccc3)C=CC34C=CCOC3(C2)c2ccccc2C2=COCC(=O)C24)cc1. The number of fused-ring (bicyclic) bond motifs is 3. The van der Waals surface area contributed by atoms with Crippen LogP contribution in [0.15, 0.2) is 109 Å². The normalized spacial score (nSPS) is 31.2. The second-order valence-electron chi connectivity index (χ2n) is 10.4. The Morgan fingerprint density at radius 2 is 1.62 bits per heavy atom. The van der Waals surface area contributed by atoms with E-state index >= 15 is 0 Å². The van der Waals surface area contributed by atoms with E-state index in [1.807, 2.05) is 24.3 Å². The number of ether oxygens (including phenoxy) is 3. The first-order valence-corrected chi connectivity index (χ1v) is 12.8. The van der Waals surface area contributed by atoms with Gasteiger partial charge >= 0.3 is 0 Å². The molecular formula is C33H28O4. The molecule has 3 aromatic rings. The largest absolute Gasteiger partial charge is 0.497 e. The highest BCUT2D eigenvalue weighted by atomic mass is 16.5. The Morgan fingerprint density at radius 3 is 2.43 bits per heavy atom. The van der Waals surface area contributed by atoms with Gasteiger partial charge in [-0.2, -0.15) is 0 Å². The summed E-state index contributed by atoms with van der Waals surface area (Å²) in [5, 5.41) is 0. The Bertz CT molecular complexity index is 1470. The standard InChI is InChI=1S/C33H28O4/c1-35-25-14-12-24(13-15-25)31(23-8-3-2-4-9-23)17-18-32-16-7-19-37-33(32,22-31)28-11-6-5-10-26(28)27-20-36-21-29(34)30(27)32/h2-18,20,30H,19,21-22H2,1H3. The van der Waals surface area contributed by atoms with E-state index in [1.165, 1.54) is 5.56 Å². The van der Waals surface area contributed by atoms with Crippen molar-refractivity contribution in [2.45, 2.75) is 17.4 Å². The van der Waals surface area contributed by atoms with Crippen LogP contribution in [0.25, 0.3) is 5.57 Å². The van der Waals surface area contributed by atoms with Crippen molar-refractivity contribution in [2.24, 2.45) is 11.3 Å². The van der Waals surface area contributed by atoms with Crippen molar-refractivity contribution in [2.75, 3.05) is 20.3 Å². The molecule has 3 aromatic carbocycles. The van der Waals surface area contributed by atoms with E-state index in [-0.39, 0.29) is 18.3 Å². The molecule has 2 aliphatic heterocycles. The Kier molecular flexibility index (Phi) is 4.86. The molecular weight excluding hydrogens is 460 g/mol. The molecule has 2 heterocycles. The number of rotatable bonds is 3. The third-order valence-electron chi connectivity index (χ3n) is 8.80. The van der Waals surface area contributed by atoms with Crippen molar-refractivity contribution < 1.29 is 19.0 Å². The topological polar surface area (TPSA) is 44.8 Å². The number of hydrogen-bond acceptors (Lipinski definition) is 4. The van der Waals surface area contributed by atoms with Crippen LogP contribution >= 0.6 is 0 Å². The zero-order valence-corrected chi connectivity index (χ0v) is 20.7. The van der Waals surface area contributed by atoms with Crippen molar-refractivity contribution in [3.05, 3.63) is 132 Å². The molecule has 4 nitrogen and oxygen atoms in total. The van der Waals surface area contributed by atoms with Gasteiger partial charge in [0.15, 0.2) is 5.78 Å². The van der Waals surface area contributed by atoms with Gasteiger partial charge in [0, 0.05) is 11.0 Å². The van der Waals surface area contributed by atoms with Crippen LogP contribution in [0.1, 0.15) is 28.7 Å². The highest BCUT2D eigenvalue weighted by molar-refractivity contribution is 5.99.